The average molecular weight is 191 g/mol. The molecule has 0 rings (SSSR count). The smallest absolute Gasteiger partial charge is 0.356 e. The van der Waals surface area contributed by atoms with Crippen LogP contribution < -0.4 is 35.7 Å². The Kier molecular flexibility index (Phi) is 62.9. The van der Waals surface area contributed by atoms with Crippen LogP contribution in [0.1, 0.15) is 0 Å². The molecule has 0 aromatic carbocycles. The molecule has 0 aliphatic heterocycles. The molecule has 0 aliphatic rings. The summed E-state index contributed by atoms with van der Waals surface area (Å²) in [7, 11) is 0. The second-order valence-corrected chi connectivity index (χ2v) is 0.447. The van der Waals surface area contributed by atoms with Crippen LogP contribution in [0.15, 0.2) is 0 Å². The second kappa shape index (κ2) is 22.5. The van der Waals surface area contributed by atoms with Crippen molar-refractivity contribution in [2.75, 3.05) is 0 Å². The van der Waals surface area contributed by atoms with Crippen LogP contribution in [-0.4, -0.2) is 27.5 Å². The van der Waals surface area contributed by atoms with Gasteiger partial charge in [-0.1, -0.05) is 0 Å². The van der Waals surface area contributed by atoms with Crippen molar-refractivity contribution >= 4 is 17.4 Å². The Morgan fingerprint density at radius 1 is 0.818 bits per heavy atom. The van der Waals surface area contributed by atoms with Crippen molar-refractivity contribution in [3.63, 3.8) is 0 Å². The van der Waals surface area contributed by atoms with Gasteiger partial charge in [-0.05, 0) is 0 Å². The van der Waals surface area contributed by atoms with E-state index in [9.17, 15) is 0 Å². The molecule has 3 N–H and O–H groups in total. The third-order valence-corrected chi connectivity index (χ3v) is 0. The maximum atomic E-state index is 8.25. The summed E-state index contributed by atoms with van der Waals surface area (Å²) in [4.78, 5) is 16.5. The first-order chi connectivity index (χ1) is 3.46. The van der Waals surface area contributed by atoms with E-state index >= 15 is 0 Å². The summed E-state index contributed by atoms with van der Waals surface area (Å²) in [6.07, 6.45) is 0. The van der Waals surface area contributed by atoms with Gasteiger partial charge >= 0.3 is 46.9 Å². The number of rotatable bonds is 0. The molecule has 0 spiro atoms. The van der Waals surface area contributed by atoms with Gasteiger partial charge in [0.1, 0.15) is 0 Å². The Hall–Kier alpha value is -0.108. The van der Waals surface area contributed by atoms with E-state index in [1.807, 2.05) is 0 Å². The predicted molar refractivity (Wildman–Crippen MR) is 31.5 cm³/mol. The Morgan fingerprint density at radius 2 is 0.818 bits per heavy atom. The van der Waals surface area contributed by atoms with Gasteiger partial charge in [-0.3, -0.25) is 0 Å². The monoisotopic (exact) mass is 191 g/mol. The van der Waals surface area contributed by atoms with Crippen LogP contribution in [0.2, 0.25) is 0 Å². The zero-order chi connectivity index (χ0) is 7.15. The number of hydrogen-bond donors (Lipinski definition) is 1. The van der Waals surface area contributed by atoms with E-state index in [1.54, 1.807) is 0 Å². The predicted octanol–water partition coefficient (Wildman–Crippen LogP) is -3.69. The Balaban J connectivity index is -0.0000000171. The Labute approximate surface area is 93.6 Å². The SMILES string of the molecule is N.O=[N+]([O-])[O-].O=[N+]([O-])[O-].[Al+3].[Na+]. The topological polar surface area (TPSA) is 167 Å². The van der Waals surface area contributed by atoms with E-state index in [2.05, 4.69) is 0 Å². The van der Waals surface area contributed by atoms with Gasteiger partial charge in [-0.2, -0.15) is 0 Å². The molecule has 0 atom stereocenters. The fraction of sp³-hybridized carbons (Fsp3) is 0. The van der Waals surface area contributed by atoms with E-state index in [1.165, 1.54) is 0 Å². The molecule has 0 aromatic rings. The molecule has 0 saturated carbocycles. The maximum absolute atomic E-state index is 8.25. The van der Waals surface area contributed by atoms with Crippen molar-refractivity contribution in [2.24, 2.45) is 0 Å². The zero-order valence-electron chi connectivity index (χ0n) is 5.63. The molecule has 0 fully saturated rings. The largest absolute Gasteiger partial charge is 3.00 e. The minimum atomic E-state index is -1.75. The molecule has 0 radical (unpaired) electrons. The van der Waals surface area contributed by atoms with Gasteiger partial charge in [0, 0.05) is 0 Å². The molecular weight excluding hydrogens is 188 g/mol. The molecular formula is H3AlN3NaO6+2. The van der Waals surface area contributed by atoms with Gasteiger partial charge in [0.05, 0.1) is 10.2 Å². The van der Waals surface area contributed by atoms with Crippen molar-refractivity contribution < 1.29 is 39.7 Å². The first-order valence-corrected chi connectivity index (χ1v) is 1.10. The van der Waals surface area contributed by atoms with Crippen LogP contribution in [0.4, 0.5) is 0 Å². The number of nitrogens with zero attached hydrogens (tertiary/aromatic N) is 2. The first-order valence-electron chi connectivity index (χ1n) is 1.10. The van der Waals surface area contributed by atoms with Crippen molar-refractivity contribution in [1.29, 1.82) is 0 Å². The van der Waals surface area contributed by atoms with Crippen LogP contribution in [0.5, 0.6) is 0 Å². The minimum absolute atomic E-state index is 0. The standard InChI is InChI=1S/Al.2NO3.H3N.Na/c;2*2-1(3)4;;/h;;;1H3;/q+3;2*-1;;+1. The third-order valence-electron chi connectivity index (χ3n) is 0. The van der Waals surface area contributed by atoms with Crippen LogP contribution in [-0.2, 0) is 0 Å². The van der Waals surface area contributed by atoms with Crippen molar-refractivity contribution in [3.8, 4) is 0 Å². The van der Waals surface area contributed by atoms with E-state index in [4.69, 9.17) is 30.6 Å². The molecule has 0 aromatic heterocycles. The molecule has 0 saturated heterocycles. The summed E-state index contributed by atoms with van der Waals surface area (Å²) in [6, 6.07) is 0. The van der Waals surface area contributed by atoms with Gasteiger partial charge in [-0.25, -0.2) is 0 Å². The van der Waals surface area contributed by atoms with Gasteiger partial charge < -0.3 is 36.8 Å². The van der Waals surface area contributed by atoms with E-state index in [0.29, 0.717) is 0 Å². The Bertz CT molecular complexity index is 75.8. The maximum Gasteiger partial charge on any atom is 3.00 e. The summed E-state index contributed by atoms with van der Waals surface area (Å²) in [5.74, 6) is 0. The van der Waals surface area contributed by atoms with Gasteiger partial charge in [-0.15, -0.1) is 0 Å². The molecule has 0 unspecified atom stereocenters. The summed E-state index contributed by atoms with van der Waals surface area (Å²) >= 11 is 0. The molecule has 0 bridgehead atoms. The Morgan fingerprint density at radius 3 is 0.818 bits per heavy atom. The summed E-state index contributed by atoms with van der Waals surface area (Å²) in [6.45, 7) is 0. The van der Waals surface area contributed by atoms with Crippen molar-refractivity contribution in [2.45, 2.75) is 0 Å². The molecule has 0 aliphatic carbocycles. The third kappa shape index (κ3) is 53300. The van der Waals surface area contributed by atoms with E-state index in [0.717, 1.165) is 0 Å². The zero-order valence-corrected chi connectivity index (χ0v) is 8.78. The summed E-state index contributed by atoms with van der Waals surface area (Å²) < 4.78 is 0. The van der Waals surface area contributed by atoms with E-state index < -0.39 is 10.2 Å². The fourth-order valence-electron chi connectivity index (χ4n) is 0. The molecule has 11 heteroatoms. The normalized spacial score (nSPS) is 4.36. The summed E-state index contributed by atoms with van der Waals surface area (Å²) in [5, 5.41) is 29.5. The molecule has 11 heavy (non-hydrogen) atoms. The van der Waals surface area contributed by atoms with Gasteiger partial charge in [0.25, 0.3) is 0 Å². The van der Waals surface area contributed by atoms with Crippen LogP contribution >= 0.6 is 0 Å². The first kappa shape index (κ1) is 30.7. The minimum Gasteiger partial charge on any atom is -0.356 e. The average Bonchev–Trinajstić information content (AvgIpc) is 1.25. The number of hydrogen-bond acceptors (Lipinski definition) is 7. The van der Waals surface area contributed by atoms with Gasteiger partial charge in [0.15, 0.2) is 0 Å². The van der Waals surface area contributed by atoms with Crippen LogP contribution in [0, 0.1) is 30.6 Å². The van der Waals surface area contributed by atoms with Crippen LogP contribution in [0.3, 0.4) is 0 Å². The van der Waals surface area contributed by atoms with Crippen molar-refractivity contribution in [1.82, 2.24) is 6.15 Å². The summed E-state index contributed by atoms with van der Waals surface area (Å²) in [5.41, 5.74) is 0. The van der Waals surface area contributed by atoms with E-state index in [-0.39, 0.29) is 53.1 Å². The van der Waals surface area contributed by atoms with Crippen LogP contribution in [0.25, 0.3) is 0 Å². The molecule has 0 heterocycles. The molecule has 56 valence electrons. The quantitative estimate of drug-likeness (QED) is 0.233. The van der Waals surface area contributed by atoms with Gasteiger partial charge in [0.2, 0.25) is 0 Å². The van der Waals surface area contributed by atoms with Crippen molar-refractivity contribution in [3.05, 3.63) is 30.6 Å². The molecule has 0 amide bonds. The second-order valence-electron chi connectivity index (χ2n) is 0.447. The molecule has 9 nitrogen and oxygen atoms in total. The fourth-order valence-corrected chi connectivity index (χ4v) is 0.